The summed E-state index contributed by atoms with van der Waals surface area (Å²) >= 11 is 12.3. The Labute approximate surface area is 220 Å². The molecule has 1 saturated heterocycles. The van der Waals surface area contributed by atoms with Crippen LogP contribution in [0.5, 0.6) is 11.6 Å². The number of anilines is 1. The molecular formula is C26H28Cl2N4O4. The molecule has 0 aliphatic carbocycles. The first-order valence-electron chi connectivity index (χ1n) is 11.8. The standard InChI is InChI=1S/C26H28Cl2N4O4/c1-2-35-26(34)5-6-31-7-9-32(10-8-31)24-4-3-22(16-29-24)36-25-12-18(17-33)11-23(30-25)19-13-20(27)15-21(28)14-19/h3-4,11-16,33H,2,5-10,17H2,1H3. The minimum atomic E-state index is -0.164. The second-order valence-corrected chi connectivity index (χ2v) is 9.23. The van der Waals surface area contributed by atoms with Crippen LogP contribution in [0.1, 0.15) is 18.9 Å². The number of carbonyl (C=O) groups excluding carboxylic acids is 1. The molecule has 3 aromatic rings. The number of benzene rings is 1. The van der Waals surface area contributed by atoms with Crippen molar-refractivity contribution in [2.24, 2.45) is 0 Å². The van der Waals surface area contributed by atoms with Crippen molar-refractivity contribution in [1.82, 2.24) is 14.9 Å². The monoisotopic (exact) mass is 530 g/mol. The summed E-state index contributed by atoms with van der Waals surface area (Å²) < 4.78 is 11.0. The molecule has 36 heavy (non-hydrogen) atoms. The second-order valence-electron chi connectivity index (χ2n) is 8.35. The first-order valence-corrected chi connectivity index (χ1v) is 12.5. The van der Waals surface area contributed by atoms with Crippen molar-refractivity contribution in [3.8, 4) is 22.9 Å². The third-order valence-electron chi connectivity index (χ3n) is 5.78. The van der Waals surface area contributed by atoms with E-state index in [-0.39, 0.29) is 12.6 Å². The molecule has 0 radical (unpaired) electrons. The molecule has 1 aromatic carbocycles. The highest BCUT2D eigenvalue weighted by atomic mass is 35.5. The highest BCUT2D eigenvalue weighted by Gasteiger charge is 2.19. The summed E-state index contributed by atoms with van der Waals surface area (Å²) in [5.74, 6) is 1.57. The predicted molar refractivity (Wildman–Crippen MR) is 140 cm³/mol. The Bertz CT molecular complexity index is 1160. The highest BCUT2D eigenvalue weighted by molar-refractivity contribution is 6.35. The summed E-state index contributed by atoms with van der Waals surface area (Å²) in [4.78, 5) is 25.2. The summed E-state index contributed by atoms with van der Waals surface area (Å²) in [6.45, 7) is 6.12. The fourth-order valence-electron chi connectivity index (χ4n) is 3.98. The average Bonchev–Trinajstić information content (AvgIpc) is 2.88. The summed E-state index contributed by atoms with van der Waals surface area (Å²) in [7, 11) is 0. The molecule has 1 N–H and O–H groups in total. The van der Waals surface area contributed by atoms with Crippen molar-refractivity contribution in [2.45, 2.75) is 20.0 Å². The van der Waals surface area contributed by atoms with Gasteiger partial charge in [0.05, 0.1) is 31.5 Å². The van der Waals surface area contributed by atoms with Gasteiger partial charge in [0.1, 0.15) is 11.6 Å². The first kappa shape index (κ1) is 26.2. The largest absolute Gasteiger partial charge is 0.466 e. The molecule has 1 aliphatic rings. The van der Waals surface area contributed by atoms with Gasteiger partial charge in [0.2, 0.25) is 5.88 Å². The Kier molecular flexibility index (Phi) is 8.98. The maximum Gasteiger partial charge on any atom is 0.307 e. The number of rotatable bonds is 9. The van der Waals surface area contributed by atoms with Crippen LogP contribution in [0.4, 0.5) is 5.82 Å². The van der Waals surface area contributed by atoms with Crippen LogP contribution in [-0.4, -0.2) is 65.3 Å². The van der Waals surface area contributed by atoms with E-state index in [4.69, 9.17) is 32.7 Å². The van der Waals surface area contributed by atoms with Crippen LogP contribution in [0.25, 0.3) is 11.3 Å². The molecule has 0 spiro atoms. The number of aliphatic hydroxyl groups is 1. The van der Waals surface area contributed by atoms with Gasteiger partial charge in [-0.25, -0.2) is 9.97 Å². The number of piperazine rings is 1. The summed E-state index contributed by atoms with van der Waals surface area (Å²) in [6, 6.07) is 12.4. The normalized spacial score (nSPS) is 14.1. The van der Waals surface area contributed by atoms with E-state index in [2.05, 4.69) is 19.8 Å². The van der Waals surface area contributed by atoms with E-state index in [9.17, 15) is 9.90 Å². The molecule has 8 nitrogen and oxygen atoms in total. The Morgan fingerprint density at radius 3 is 2.44 bits per heavy atom. The number of aromatic nitrogens is 2. The van der Waals surface area contributed by atoms with E-state index in [0.717, 1.165) is 37.6 Å². The van der Waals surface area contributed by atoms with Crippen LogP contribution in [-0.2, 0) is 16.1 Å². The summed E-state index contributed by atoms with van der Waals surface area (Å²) in [6.07, 6.45) is 2.07. The Balaban J connectivity index is 1.38. The number of aliphatic hydroxyl groups excluding tert-OH is 1. The molecule has 0 atom stereocenters. The maximum atomic E-state index is 11.6. The van der Waals surface area contributed by atoms with Gasteiger partial charge in [-0.05, 0) is 48.9 Å². The third kappa shape index (κ3) is 7.07. The fourth-order valence-corrected chi connectivity index (χ4v) is 4.50. The zero-order valence-electron chi connectivity index (χ0n) is 20.0. The molecule has 0 saturated carbocycles. The molecule has 0 bridgehead atoms. The van der Waals surface area contributed by atoms with Gasteiger partial charge in [-0.15, -0.1) is 0 Å². The van der Waals surface area contributed by atoms with E-state index in [1.54, 1.807) is 36.5 Å². The zero-order chi connectivity index (χ0) is 25.5. The van der Waals surface area contributed by atoms with E-state index in [0.29, 0.717) is 52.5 Å². The number of nitrogens with zero attached hydrogens (tertiary/aromatic N) is 4. The zero-order valence-corrected chi connectivity index (χ0v) is 21.5. The predicted octanol–water partition coefficient (Wildman–Crippen LogP) is 4.81. The lowest BCUT2D eigenvalue weighted by Crippen LogP contribution is -2.47. The van der Waals surface area contributed by atoms with E-state index >= 15 is 0 Å². The van der Waals surface area contributed by atoms with Crippen LogP contribution in [0.2, 0.25) is 10.0 Å². The SMILES string of the molecule is CCOC(=O)CCN1CCN(c2ccc(Oc3cc(CO)cc(-c4cc(Cl)cc(Cl)c4)n3)cn2)CC1. The number of hydrogen-bond acceptors (Lipinski definition) is 8. The molecule has 1 aliphatic heterocycles. The van der Waals surface area contributed by atoms with Crippen LogP contribution < -0.4 is 9.64 Å². The minimum Gasteiger partial charge on any atom is -0.466 e. The fraction of sp³-hybridized carbons (Fsp3) is 0.346. The number of pyridine rings is 2. The molecule has 0 unspecified atom stereocenters. The Morgan fingerprint density at radius 1 is 1.06 bits per heavy atom. The van der Waals surface area contributed by atoms with Crippen molar-refractivity contribution >= 4 is 35.0 Å². The second kappa shape index (κ2) is 12.4. The van der Waals surface area contributed by atoms with Gasteiger partial charge in [0.25, 0.3) is 0 Å². The van der Waals surface area contributed by atoms with Crippen molar-refractivity contribution < 1.29 is 19.4 Å². The summed E-state index contributed by atoms with van der Waals surface area (Å²) in [5.41, 5.74) is 1.96. The topological polar surface area (TPSA) is 88.0 Å². The molecule has 190 valence electrons. The highest BCUT2D eigenvalue weighted by Crippen LogP contribution is 2.30. The Hall–Kier alpha value is -2.91. The number of hydrogen-bond donors (Lipinski definition) is 1. The minimum absolute atomic E-state index is 0.153. The molecule has 10 heteroatoms. The number of carbonyl (C=O) groups is 1. The number of ether oxygens (including phenoxy) is 2. The van der Waals surface area contributed by atoms with Gasteiger partial charge >= 0.3 is 5.97 Å². The van der Waals surface area contributed by atoms with E-state index < -0.39 is 0 Å². The molecule has 2 aromatic heterocycles. The number of esters is 1. The van der Waals surface area contributed by atoms with Crippen molar-refractivity contribution in [1.29, 1.82) is 0 Å². The van der Waals surface area contributed by atoms with Gasteiger partial charge < -0.3 is 19.5 Å². The van der Waals surface area contributed by atoms with E-state index in [1.807, 2.05) is 19.1 Å². The quantitative estimate of drug-likeness (QED) is 0.394. The van der Waals surface area contributed by atoms with E-state index in [1.165, 1.54) is 0 Å². The van der Waals surface area contributed by atoms with Crippen molar-refractivity contribution in [3.63, 3.8) is 0 Å². The molecule has 1 fully saturated rings. The lowest BCUT2D eigenvalue weighted by Gasteiger charge is -2.35. The molecule has 3 heterocycles. The van der Waals surface area contributed by atoms with Gasteiger partial charge in [-0.3, -0.25) is 9.69 Å². The van der Waals surface area contributed by atoms with Gasteiger partial charge in [-0.1, -0.05) is 23.2 Å². The lowest BCUT2D eigenvalue weighted by molar-refractivity contribution is -0.143. The van der Waals surface area contributed by atoms with Crippen LogP contribution >= 0.6 is 23.2 Å². The Morgan fingerprint density at radius 2 is 1.81 bits per heavy atom. The smallest absolute Gasteiger partial charge is 0.307 e. The summed E-state index contributed by atoms with van der Waals surface area (Å²) in [5, 5.41) is 10.7. The van der Waals surface area contributed by atoms with Gasteiger partial charge in [0, 0.05) is 54.4 Å². The molecule has 4 rings (SSSR count). The van der Waals surface area contributed by atoms with Crippen LogP contribution in [0.3, 0.4) is 0 Å². The average molecular weight is 531 g/mol. The van der Waals surface area contributed by atoms with Crippen LogP contribution in [0, 0.1) is 0 Å². The van der Waals surface area contributed by atoms with Crippen molar-refractivity contribution in [3.05, 3.63) is 64.3 Å². The van der Waals surface area contributed by atoms with Crippen LogP contribution in [0.15, 0.2) is 48.7 Å². The number of halogens is 2. The maximum absolute atomic E-state index is 11.6. The third-order valence-corrected chi connectivity index (χ3v) is 6.22. The first-order chi connectivity index (χ1) is 17.4. The molecule has 0 amide bonds. The molecular weight excluding hydrogens is 503 g/mol. The lowest BCUT2D eigenvalue weighted by atomic mass is 10.1. The van der Waals surface area contributed by atoms with Gasteiger partial charge in [-0.2, -0.15) is 0 Å². The van der Waals surface area contributed by atoms with Gasteiger partial charge in [0.15, 0.2) is 0 Å². The van der Waals surface area contributed by atoms with Crippen molar-refractivity contribution in [2.75, 3.05) is 44.2 Å².